The number of carbonyl (C=O) groups excluding carboxylic acids is 1. The summed E-state index contributed by atoms with van der Waals surface area (Å²) < 4.78 is 15.0. The summed E-state index contributed by atoms with van der Waals surface area (Å²) in [5.41, 5.74) is 2.73. The summed E-state index contributed by atoms with van der Waals surface area (Å²) in [6.45, 7) is 2.03. The summed E-state index contributed by atoms with van der Waals surface area (Å²) >= 11 is 12.1. The Kier molecular flexibility index (Phi) is 4.66. The van der Waals surface area contributed by atoms with E-state index in [-0.39, 0.29) is 17.5 Å². The molecular weight excluding hydrogens is 388 g/mol. The van der Waals surface area contributed by atoms with Crippen molar-refractivity contribution >= 4 is 40.5 Å². The Bertz CT molecular complexity index is 1010. The van der Waals surface area contributed by atoms with Crippen LogP contribution >= 0.6 is 23.2 Å². The third-order valence-corrected chi connectivity index (χ3v) is 4.97. The monoisotopic (exact) mass is 403 g/mol. The molecule has 0 spiro atoms. The standard InChI is InChI=1S/C20H16Cl2FN3O/c1-11-6-17-19(18(27)7-11)20(24-15-9-12(21)8-13(22)10-15)25-26(17)16-4-2-14(23)3-5-16/h2-5,8-11H,6-7H2,1H3,(H,24,25). The molecule has 0 bridgehead atoms. The fourth-order valence-electron chi connectivity index (χ4n) is 3.40. The topological polar surface area (TPSA) is 46.9 Å². The highest BCUT2D eigenvalue weighted by atomic mass is 35.5. The van der Waals surface area contributed by atoms with Gasteiger partial charge in [0.25, 0.3) is 0 Å². The quantitative estimate of drug-likeness (QED) is 0.598. The number of hydrogen-bond acceptors (Lipinski definition) is 3. The smallest absolute Gasteiger partial charge is 0.168 e. The van der Waals surface area contributed by atoms with Crippen molar-refractivity contribution in [2.75, 3.05) is 5.32 Å². The number of rotatable bonds is 3. The summed E-state index contributed by atoms with van der Waals surface area (Å²) in [7, 11) is 0. The van der Waals surface area contributed by atoms with Gasteiger partial charge in [-0.25, -0.2) is 9.07 Å². The third-order valence-electron chi connectivity index (χ3n) is 4.53. The van der Waals surface area contributed by atoms with Gasteiger partial charge < -0.3 is 5.32 Å². The second kappa shape index (κ2) is 6.98. The van der Waals surface area contributed by atoms with Crippen LogP contribution in [0.1, 0.15) is 29.4 Å². The number of ketones is 1. The van der Waals surface area contributed by atoms with Crippen LogP contribution in [0.3, 0.4) is 0 Å². The average Bonchev–Trinajstić information content (AvgIpc) is 2.93. The normalized spacial score (nSPS) is 16.3. The molecule has 1 aromatic heterocycles. The highest BCUT2D eigenvalue weighted by Crippen LogP contribution is 2.34. The lowest BCUT2D eigenvalue weighted by Crippen LogP contribution is -2.19. The van der Waals surface area contributed by atoms with E-state index < -0.39 is 0 Å². The highest BCUT2D eigenvalue weighted by Gasteiger charge is 2.31. The van der Waals surface area contributed by atoms with Gasteiger partial charge >= 0.3 is 0 Å². The first-order valence-electron chi connectivity index (χ1n) is 8.55. The van der Waals surface area contributed by atoms with E-state index in [1.165, 1.54) is 12.1 Å². The molecule has 0 radical (unpaired) electrons. The number of Topliss-reactive ketones (excluding diaryl/α,β-unsaturated/α-hetero) is 1. The third kappa shape index (κ3) is 3.57. The number of fused-ring (bicyclic) bond motifs is 1. The average molecular weight is 404 g/mol. The molecule has 0 saturated carbocycles. The Labute approximate surface area is 165 Å². The zero-order valence-corrected chi connectivity index (χ0v) is 16.0. The predicted molar refractivity (Wildman–Crippen MR) is 105 cm³/mol. The number of aromatic nitrogens is 2. The number of nitrogens with zero attached hydrogens (tertiary/aromatic N) is 2. The Morgan fingerprint density at radius 2 is 1.78 bits per heavy atom. The van der Waals surface area contributed by atoms with Crippen LogP contribution in [-0.4, -0.2) is 15.6 Å². The number of nitrogens with one attached hydrogen (secondary N) is 1. The van der Waals surface area contributed by atoms with E-state index in [0.717, 1.165) is 5.69 Å². The minimum absolute atomic E-state index is 0.0349. The number of benzene rings is 2. The lowest BCUT2D eigenvalue weighted by molar-refractivity contribution is 0.0953. The number of anilines is 2. The second-order valence-corrected chi connectivity index (χ2v) is 7.65. The van der Waals surface area contributed by atoms with Crippen molar-refractivity contribution in [1.82, 2.24) is 9.78 Å². The van der Waals surface area contributed by atoms with Crippen molar-refractivity contribution in [3.05, 3.63) is 69.6 Å². The number of carbonyl (C=O) groups is 1. The van der Waals surface area contributed by atoms with Crippen LogP contribution in [0.5, 0.6) is 0 Å². The van der Waals surface area contributed by atoms with Crippen LogP contribution in [0.4, 0.5) is 15.9 Å². The van der Waals surface area contributed by atoms with Gasteiger partial charge in [0.05, 0.1) is 16.9 Å². The molecule has 0 aliphatic heterocycles. The largest absolute Gasteiger partial charge is 0.338 e. The maximum absolute atomic E-state index is 13.3. The zero-order valence-electron chi connectivity index (χ0n) is 14.5. The van der Waals surface area contributed by atoms with Crippen LogP contribution in [-0.2, 0) is 6.42 Å². The molecule has 4 nitrogen and oxygen atoms in total. The predicted octanol–water partition coefficient (Wildman–Crippen LogP) is 5.83. The number of halogens is 3. The van der Waals surface area contributed by atoms with E-state index in [4.69, 9.17) is 23.2 Å². The van der Waals surface area contributed by atoms with E-state index in [2.05, 4.69) is 10.4 Å². The molecule has 1 aliphatic rings. The van der Waals surface area contributed by atoms with Gasteiger partial charge in [-0.1, -0.05) is 30.1 Å². The summed E-state index contributed by atoms with van der Waals surface area (Å²) in [4.78, 5) is 12.7. The molecule has 1 heterocycles. The summed E-state index contributed by atoms with van der Waals surface area (Å²) in [6.07, 6.45) is 1.18. The molecule has 2 aromatic carbocycles. The van der Waals surface area contributed by atoms with E-state index in [1.54, 1.807) is 35.0 Å². The lowest BCUT2D eigenvalue weighted by atomic mass is 9.87. The molecule has 1 atom stereocenters. The van der Waals surface area contributed by atoms with Gasteiger partial charge in [0.2, 0.25) is 0 Å². The molecule has 0 saturated heterocycles. The van der Waals surface area contributed by atoms with Crippen molar-refractivity contribution < 1.29 is 9.18 Å². The van der Waals surface area contributed by atoms with E-state index in [1.807, 2.05) is 6.92 Å². The zero-order chi connectivity index (χ0) is 19.1. The van der Waals surface area contributed by atoms with Crippen LogP contribution in [0.2, 0.25) is 10.0 Å². The van der Waals surface area contributed by atoms with E-state index >= 15 is 0 Å². The van der Waals surface area contributed by atoms with Crippen molar-refractivity contribution in [3.8, 4) is 5.69 Å². The molecule has 0 amide bonds. The van der Waals surface area contributed by atoms with Crippen molar-refractivity contribution in [3.63, 3.8) is 0 Å². The van der Waals surface area contributed by atoms with Crippen molar-refractivity contribution in [2.24, 2.45) is 5.92 Å². The van der Waals surface area contributed by atoms with Gasteiger partial charge in [-0.05, 0) is 54.8 Å². The highest BCUT2D eigenvalue weighted by molar-refractivity contribution is 6.35. The Morgan fingerprint density at radius 3 is 2.44 bits per heavy atom. The molecule has 0 fully saturated rings. The molecule has 3 aromatic rings. The fourth-order valence-corrected chi connectivity index (χ4v) is 3.93. The van der Waals surface area contributed by atoms with E-state index in [9.17, 15) is 9.18 Å². The maximum Gasteiger partial charge on any atom is 0.168 e. The van der Waals surface area contributed by atoms with E-state index in [0.29, 0.717) is 45.6 Å². The maximum atomic E-state index is 13.3. The minimum Gasteiger partial charge on any atom is -0.338 e. The molecule has 138 valence electrons. The van der Waals surface area contributed by atoms with Crippen molar-refractivity contribution in [1.29, 1.82) is 0 Å². The first kappa shape index (κ1) is 18.0. The molecule has 27 heavy (non-hydrogen) atoms. The summed E-state index contributed by atoms with van der Waals surface area (Å²) in [6, 6.07) is 11.1. The molecular formula is C20H16Cl2FN3O. The van der Waals surface area contributed by atoms with Crippen LogP contribution < -0.4 is 5.32 Å². The second-order valence-electron chi connectivity index (χ2n) is 6.78. The van der Waals surface area contributed by atoms with Gasteiger partial charge in [-0.2, -0.15) is 0 Å². The SMILES string of the molecule is CC1CC(=O)c2c(Nc3cc(Cl)cc(Cl)c3)nn(-c3ccc(F)cc3)c2C1. The molecule has 1 aliphatic carbocycles. The Balaban J connectivity index is 1.83. The summed E-state index contributed by atoms with van der Waals surface area (Å²) in [5, 5.41) is 8.74. The Morgan fingerprint density at radius 1 is 1.11 bits per heavy atom. The van der Waals surface area contributed by atoms with Gasteiger partial charge in [0.1, 0.15) is 5.82 Å². The van der Waals surface area contributed by atoms with Crippen LogP contribution in [0.25, 0.3) is 5.69 Å². The Hall–Kier alpha value is -2.37. The molecule has 1 unspecified atom stereocenters. The molecule has 1 N–H and O–H groups in total. The fraction of sp³-hybridized carbons (Fsp3) is 0.200. The van der Waals surface area contributed by atoms with Crippen LogP contribution in [0, 0.1) is 11.7 Å². The van der Waals surface area contributed by atoms with Crippen molar-refractivity contribution in [2.45, 2.75) is 19.8 Å². The van der Waals surface area contributed by atoms with Gasteiger partial charge in [-0.15, -0.1) is 5.10 Å². The van der Waals surface area contributed by atoms with Crippen LogP contribution in [0.15, 0.2) is 42.5 Å². The lowest BCUT2D eigenvalue weighted by Gasteiger charge is -2.19. The van der Waals surface area contributed by atoms with Gasteiger partial charge in [-0.3, -0.25) is 4.79 Å². The first-order valence-corrected chi connectivity index (χ1v) is 9.30. The minimum atomic E-state index is -0.323. The molecule has 7 heteroatoms. The molecule has 4 rings (SSSR count). The van der Waals surface area contributed by atoms with Gasteiger partial charge in [0.15, 0.2) is 11.6 Å². The number of hydrogen-bond donors (Lipinski definition) is 1. The first-order chi connectivity index (χ1) is 12.9. The van der Waals surface area contributed by atoms with Gasteiger partial charge in [0, 0.05) is 22.2 Å². The summed E-state index contributed by atoms with van der Waals surface area (Å²) in [5.74, 6) is 0.378.